The molecule has 0 aliphatic carbocycles. The zero-order valence-corrected chi connectivity index (χ0v) is 12.3. The summed E-state index contributed by atoms with van der Waals surface area (Å²) in [5.74, 6) is -0.709. The lowest BCUT2D eigenvalue weighted by Gasteiger charge is -2.08. The van der Waals surface area contributed by atoms with Gasteiger partial charge in [-0.15, -0.1) is 4.73 Å². The summed E-state index contributed by atoms with van der Waals surface area (Å²) in [7, 11) is 0. The lowest BCUT2D eigenvalue weighted by Crippen LogP contribution is -2.33. The van der Waals surface area contributed by atoms with E-state index in [9.17, 15) is 15.0 Å². The molecule has 23 heavy (non-hydrogen) atoms. The van der Waals surface area contributed by atoms with E-state index in [2.05, 4.69) is 11.4 Å². The van der Waals surface area contributed by atoms with Crippen molar-refractivity contribution in [1.82, 2.24) is 10.0 Å². The first-order valence-corrected chi connectivity index (χ1v) is 7.17. The van der Waals surface area contributed by atoms with Crippen LogP contribution in [0, 0.1) is 0 Å². The van der Waals surface area contributed by atoms with Crippen molar-refractivity contribution in [3.05, 3.63) is 60.2 Å². The number of rotatable bonds is 4. The molecule has 3 rings (SSSR count). The monoisotopic (exact) mass is 312 g/mol. The average molecular weight is 312 g/mol. The Morgan fingerprint density at radius 1 is 1.00 bits per heavy atom. The lowest BCUT2D eigenvalue weighted by atomic mass is 10.1. The second-order valence-corrected chi connectivity index (χ2v) is 5.08. The number of benzene rings is 2. The van der Waals surface area contributed by atoms with Gasteiger partial charge in [-0.2, -0.15) is 0 Å². The largest absolute Gasteiger partial charge is 0.492 e. The van der Waals surface area contributed by atoms with E-state index in [4.69, 9.17) is 4.84 Å². The van der Waals surface area contributed by atoms with Gasteiger partial charge < -0.3 is 20.4 Å². The molecule has 0 unspecified atom stereocenters. The topological polar surface area (TPSA) is 83.7 Å². The minimum Gasteiger partial charge on any atom is -0.492 e. The van der Waals surface area contributed by atoms with Gasteiger partial charge in [0.1, 0.15) is 0 Å². The highest BCUT2D eigenvalue weighted by atomic mass is 16.7. The van der Waals surface area contributed by atoms with Crippen molar-refractivity contribution in [3.8, 4) is 11.8 Å². The Morgan fingerprint density at radius 3 is 2.43 bits per heavy atom. The first-order valence-electron chi connectivity index (χ1n) is 7.17. The van der Waals surface area contributed by atoms with Crippen LogP contribution >= 0.6 is 0 Å². The molecular weight excluding hydrogens is 296 g/mol. The average Bonchev–Trinajstić information content (AvgIpc) is 2.87. The summed E-state index contributed by atoms with van der Waals surface area (Å²) in [5.41, 5.74) is 1.09. The predicted octanol–water partition coefficient (Wildman–Crippen LogP) is 2.43. The predicted molar refractivity (Wildman–Crippen MR) is 85.4 cm³/mol. The summed E-state index contributed by atoms with van der Waals surface area (Å²) in [6.45, 7) is 0.375. The summed E-state index contributed by atoms with van der Waals surface area (Å²) in [4.78, 5) is 16.4. The second kappa shape index (κ2) is 6.31. The quantitative estimate of drug-likeness (QED) is 0.691. The molecule has 0 atom stereocenters. The van der Waals surface area contributed by atoms with E-state index >= 15 is 0 Å². The maximum Gasteiger partial charge on any atom is 0.432 e. The van der Waals surface area contributed by atoms with Crippen LogP contribution in [0.2, 0.25) is 0 Å². The van der Waals surface area contributed by atoms with Crippen molar-refractivity contribution in [2.24, 2.45) is 0 Å². The van der Waals surface area contributed by atoms with Crippen LogP contribution in [-0.4, -0.2) is 27.6 Å². The summed E-state index contributed by atoms with van der Waals surface area (Å²) in [6, 6.07) is 16.6. The zero-order valence-electron chi connectivity index (χ0n) is 12.3. The smallest absolute Gasteiger partial charge is 0.432 e. The third-order valence-corrected chi connectivity index (χ3v) is 3.47. The van der Waals surface area contributed by atoms with E-state index < -0.39 is 6.09 Å². The lowest BCUT2D eigenvalue weighted by molar-refractivity contribution is 0.108. The van der Waals surface area contributed by atoms with Crippen molar-refractivity contribution in [2.45, 2.75) is 6.42 Å². The minimum atomic E-state index is -0.757. The first kappa shape index (κ1) is 14.8. The van der Waals surface area contributed by atoms with E-state index in [1.54, 1.807) is 0 Å². The molecule has 0 saturated heterocycles. The number of nitrogens with zero attached hydrogens (tertiary/aromatic N) is 1. The SMILES string of the molecule is O=C(NCCc1ccc2ccccc2c1)On1c(O)ccc1O. The van der Waals surface area contributed by atoms with E-state index in [1.165, 1.54) is 17.5 Å². The van der Waals surface area contributed by atoms with Crippen molar-refractivity contribution >= 4 is 16.9 Å². The van der Waals surface area contributed by atoms with Crippen LogP contribution < -0.4 is 10.2 Å². The van der Waals surface area contributed by atoms with Gasteiger partial charge in [0, 0.05) is 18.7 Å². The van der Waals surface area contributed by atoms with Crippen molar-refractivity contribution in [2.75, 3.05) is 6.54 Å². The molecule has 0 radical (unpaired) electrons. The number of hydrogen-bond donors (Lipinski definition) is 3. The third kappa shape index (κ3) is 3.37. The molecule has 0 saturated carbocycles. The summed E-state index contributed by atoms with van der Waals surface area (Å²) >= 11 is 0. The Morgan fingerprint density at radius 2 is 1.70 bits per heavy atom. The van der Waals surface area contributed by atoms with E-state index in [-0.39, 0.29) is 11.8 Å². The molecule has 6 nitrogen and oxygen atoms in total. The zero-order chi connectivity index (χ0) is 16.2. The van der Waals surface area contributed by atoms with Crippen molar-refractivity contribution < 1.29 is 19.8 Å². The van der Waals surface area contributed by atoms with Gasteiger partial charge in [0.25, 0.3) is 0 Å². The number of carbonyl (C=O) groups excluding carboxylic acids is 1. The fraction of sp³-hybridized carbons (Fsp3) is 0.118. The number of fused-ring (bicyclic) bond motifs is 1. The Bertz CT molecular complexity index is 822. The van der Waals surface area contributed by atoms with Gasteiger partial charge in [0.2, 0.25) is 11.8 Å². The van der Waals surface area contributed by atoms with Crippen LogP contribution in [0.15, 0.2) is 54.6 Å². The highest BCUT2D eigenvalue weighted by Crippen LogP contribution is 2.18. The maximum atomic E-state index is 11.6. The van der Waals surface area contributed by atoms with E-state index in [0.29, 0.717) is 17.7 Å². The maximum absolute atomic E-state index is 11.6. The molecule has 0 aliphatic heterocycles. The minimum absolute atomic E-state index is 0.354. The van der Waals surface area contributed by atoms with Crippen LogP contribution in [0.4, 0.5) is 4.79 Å². The van der Waals surface area contributed by atoms with Crippen LogP contribution in [0.3, 0.4) is 0 Å². The summed E-state index contributed by atoms with van der Waals surface area (Å²) in [5, 5.41) is 23.6. The van der Waals surface area contributed by atoms with Crippen LogP contribution in [0.5, 0.6) is 11.8 Å². The Hall–Kier alpha value is -3.15. The molecule has 6 heteroatoms. The number of aromatic nitrogens is 1. The van der Waals surface area contributed by atoms with Crippen LogP contribution in [0.25, 0.3) is 10.8 Å². The van der Waals surface area contributed by atoms with Gasteiger partial charge in [0.05, 0.1) is 0 Å². The third-order valence-electron chi connectivity index (χ3n) is 3.47. The Kier molecular flexibility index (Phi) is 4.05. The van der Waals surface area contributed by atoms with Gasteiger partial charge in [-0.05, 0) is 22.8 Å². The van der Waals surface area contributed by atoms with Gasteiger partial charge in [-0.25, -0.2) is 4.79 Å². The molecule has 0 fully saturated rings. The molecule has 0 aliphatic rings. The molecule has 118 valence electrons. The number of aromatic hydroxyl groups is 2. The fourth-order valence-electron chi connectivity index (χ4n) is 2.31. The van der Waals surface area contributed by atoms with Crippen molar-refractivity contribution in [1.29, 1.82) is 0 Å². The number of amides is 1. The summed E-state index contributed by atoms with van der Waals surface area (Å²) in [6.07, 6.45) is -0.114. The molecule has 0 spiro atoms. The number of carbonyl (C=O) groups is 1. The summed E-state index contributed by atoms with van der Waals surface area (Å²) < 4.78 is 0.644. The first-order chi connectivity index (χ1) is 11.1. The van der Waals surface area contributed by atoms with Gasteiger partial charge >= 0.3 is 6.09 Å². The number of hydrogen-bond acceptors (Lipinski definition) is 4. The highest BCUT2D eigenvalue weighted by molar-refractivity contribution is 5.83. The Labute approximate surface area is 132 Å². The molecular formula is C17H16N2O4. The second-order valence-electron chi connectivity index (χ2n) is 5.08. The molecule has 1 aromatic heterocycles. The molecule has 0 bridgehead atoms. The Balaban J connectivity index is 1.55. The fourth-order valence-corrected chi connectivity index (χ4v) is 2.31. The molecule has 2 aromatic carbocycles. The van der Waals surface area contributed by atoms with E-state index in [1.807, 2.05) is 36.4 Å². The van der Waals surface area contributed by atoms with Crippen molar-refractivity contribution in [3.63, 3.8) is 0 Å². The van der Waals surface area contributed by atoms with Crippen LogP contribution in [0.1, 0.15) is 5.56 Å². The molecule has 3 N–H and O–H groups in total. The standard InChI is InChI=1S/C17H16N2O4/c20-15-7-8-16(21)19(15)23-17(22)18-10-9-12-5-6-13-3-1-2-4-14(13)11-12/h1-8,11,20-21H,9-10H2,(H,18,22). The molecule has 3 aromatic rings. The number of nitrogens with one attached hydrogen (secondary N) is 1. The highest BCUT2D eigenvalue weighted by Gasteiger charge is 2.11. The van der Waals surface area contributed by atoms with Crippen LogP contribution in [-0.2, 0) is 6.42 Å². The van der Waals surface area contributed by atoms with Gasteiger partial charge in [-0.3, -0.25) is 0 Å². The van der Waals surface area contributed by atoms with E-state index in [0.717, 1.165) is 10.9 Å². The van der Waals surface area contributed by atoms with Gasteiger partial charge in [0.15, 0.2) is 0 Å². The normalized spacial score (nSPS) is 10.6. The molecule has 1 heterocycles. The van der Waals surface area contributed by atoms with Gasteiger partial charge in [-0.1, -0.05) is 42.5 Å². The molecule has 1 amide bonds.